The highest BCUT2D eigenvalue weighted by Gasteiger charge is 2.39. The SMILES string of the molecule is O[C@@H]1[C@@H](NCC2(O)CCN(c3ccnc4ccccc34)C2)CCC[C@H]1Oc1ccccc1. The first kappa shape index (κ1) is 21.2. The molecule has 0 spiro atoms. The Kier molecular flexibility index (Phi) is 6.00. The van der Waals surface area contributed by atoms with E-state index in [1.165, 1.54) is 0 Å². The number of rotatable bonds is 6. The fourth-order valence-electron chi connectivity index (χ4n) is 5.05. The van der Waals surface area contributed by atoms with Crippen LogP contribution in [0.2, 0.25) is 0 Å². The van der Waals surface area contributed by atoms with E-state index in [1.54, 1.807) is 0 Å². The zero-order valence-electron chi connectivity index (χ0n) is 18.2. The average molecular weight is 434 g/mol. The Morgan fingerprint density at radius 2 is 1.88 bits per heavy atom. The summed E-state index contributed by atoms with van der Waals surface area (Å²) in [4.78, 5) is 6.69. The van der Waals surface area contributed by atoms with Crippen molar-refractivity contribution in [3.63, 3.8) is 0 Å². The molecule has 2 heterocycles. The molecule has 5 rings (SSSR count). The van der Waals surface area contributed by atoms with Crippen LogP contribution >= 0.6 is 0 Å². The highest BCUT2D eigenvalue weighted by atomic mass is 16.5. The largest absolute Gasteiger partial charge is 0.488 e. The molecule has 1 saturated heterocycles. The van der Waals surface area contributed by atoms with Gasteiger partial charge in [0.25, 0.3) is 0 Å². The van der Waals surface area contributed by atoms with Crippen molar-refractivity contribution in [2.24, 2.45) is 0 Å². The van der Waals surface area contributed by atoms with E-state index in [4.69, 9.17) is 4.74 Å². The van der Waals surface area contributed by atoms with E-state index in [1.807, 2.05) is 60.8 Å². The number of hydrogen-bond acceptors (Lipinski definition) is 6. The van der Waals surface area contributed by atoms with Gasteiger partial charge in [-0.25, -0.2) is 0 Å². The van der Waals surface area contributed by atoms with Crippen molar-refractivity contribution < 1.29 is 14.9 Å². The van der Waals surface area contributed by atoms with E-state index < -0.39 is 11.7 Å². The Labute approximate surface area is 188 Å². The van der Waals surface area contributed by atoms with Crippen LogP contribution in [0.4, 0.5) is 5.69 Å². The standard InChI is InChI=1S/C26H31N3O3/c30-25-22(11-6-12-24(25)32-19-7-2-1-3-8-19)28-17-26(31)14-16-29(18-26)23-13-15-27-21-10-5-4-9-20(21)23/h1-5,7-10,13,15,22,24-25,28,30-31H,6,11-12,14,16-18H2/t22-,24+,25+,26?/m0/s1. The molecule has 0 bridgehead atoms. The number of aromatic nitrogens is 1. The number of aliphatic hydroxyl groups excluding tert-OH is 1. The number of nitrogens with zero attached hydrogens (tertiary/aromatic N) is 2. The lowest BCUT2D eigenvalue weighted by atomic mass is 9.89. The molecule has 0 amide bonds. The van der Waals surface area contributed by atoms with Crippen LogP contribution in [0.15, 0.2) is 66.9 Å². The van der Waals surface area contributed by atoms with Gasteiger partial charge in [-0.2, -0.15) is 0 Å². The molecule has 2 aliphatic rings. The third-order valence-corrected chi connectivity index (χ3v) is 6.82. The van der Waals surface area contributed by atoms with Gasteiger partial charge < -0.3 is 25.2 Å². The monoisotopic (exact) mass is 433 g/mol. The quantitative estimate of drug-likeness (QED) is 0.555. The minimum absolute atomic E-state index is 0.0858. The Bertz CT molecular complexity index is 1040. The fourth-order valence-corrected chi connectivity index (χ4v) is 5.05. The summed E-state index contributed by atoms with van der Waals surface area (Å²) in [7, 11) is 0. The number of ether oxygens (including phenoxy) is 1. The lowest BCUT2D eigenvalue weighted by molar-refractivity contribution is -0.0233. The van der Waals surface area contributed by atoms with Crippen LogP contribution in [-0.2, 0) is 0 Å². The molecule has 1 unspecified atom stereocenters. The number of benzene rings is 2. The van der Waals surface area contributed by atoms with E-state index in [0.717, 1.165) is 48.1 Å². The van der Waals surface area contributed by atoms with Crippen LogP contribution in [0.25, 0.3) is 10.9 Å². The predicted molar refractivity (Wildman–Crippen MR) is 126 cm³/mol. The molecule has 1 aromatic heterocycles. The van der Waals surface area contributed by atoms with Crippen molar-refractivity contribution >= 4 is 16.6 Å². The van der Waals surface area contributed by atoms with Crippen LogP contribution in [0.3, 0.4) is 0 Å². The van der Waals surface area contributed by atoms with Gasteiger partial charge >= 0.3 is 0 Å². The second kappa shape index (κ2) is 9.06. The molecular weight excluding hydrogens is 402 g/mol. The van der Waals surface area contributed by atoms with Gasteiger partial charge in [0.1, 0.15) is 18.0 Å². The molecule has 1 aliphatic carbocycles. The fraction of sp³-hybridized carbons (Fsp3) is 0.423. The molecule has 3 N–H and O–H groups in total. The number of para-hydroxylation sites is 2. The van der Waals surface area contributed by atoms with Gasteiger partial charge in [-0.15, -0.1) is 0 Å². The van der Waals surface area contributed by atoms with Crippen molar-refractivity contribution in [3.8, 4) is 5.75 Å². The van der Waals surface area contributed by atoms with Gasteiger partial charge in [-0.05, 0) is 49.9 Å². The van der Waals surface area contributed by atoms with Crippen LogP contribution in [0, 0.1) is 0 Å². The number of fused-ring (bicyclic) bond motifs is 1. The molecule has 0 radical (unpaired) electrons. The van der Waals surface area contributed by atoms with Crippen molar-refractivity contribution in [2.75, 3.05) is 24.5 Å². The molecule has 1 aliphatic heterocycles. The van der Waals surface area contributed by atoms with Crippen molar-refractivity contribution in [1.29, 1.82) is 0 Å². The van der Waals surface area contributed by atoms with E-state index in [9.17, 15) is 10.2 Å². The maximum Gasteiger partial charge on any atom is 0.126 e. The third-order valence-electron chi connectivity index (χ3n) is 6.82. The average Bonchev–Trinajstić information content (AvgIpc) is 3.22. The molecule has 2 aromatic carbocycles. The summed E-state index contributed by atoms with van der Waals surface area (Å²) in [5.74, 6) is 0.784. The summed E-state index contributed by atoms with van der Waals surface area (Å²) in [6.45, 7) is 1.80. The summed E-state index contributed by atoms with van der Waals surface area (Å²) in [5.41, 5.74) is 1.24. The second-order valence-electron chi connectivity index (χ2n) is 9.12. The number of β-amino-alcohol motifs (C(OH)–C–C–N with tert-alkyl or cyclic N) is 1. The number of pyridine rings is 1. The molecule has 6 heteroatoms. The first-order valence-electron chi connectivity index (χ1n) is 11.6. The van der Waals surface area contributed by atoms with Crippen LogP contribution in [0.1, 0.15) is 25.7 Å². The van der Waals surface area contributed by atoms with Crippen LogP contribution < -0.4 is 15.0 Å². The van der Waals surface area contributed by atoms with Gasteiger partial charge in [0.2, 0.25) is 0 Å². The number of hydrogen-bond donors (Lipinski definition) is 3. The van der Waals surface area contributed by atoms with Gasteiger partial charge in [0.05, 0.1) is 11.1 Å². The minimum atomic E-state index is -0.836. The molecule has 2 fully saturated rings. The minimum Gasteiger partial charge on any atom is -0.488 e. The van der Waals surface area contributed by atoms with Crippen molar-refractivity contribution in [2.45, 2.75) is 49.5 Å². The van der Waals surface area contributed by atoms with Crippen LogP contribution in [-0.4, -0.2) is 58.7 Å². The molecule has 3 aromatic rings. The summed E-state index contributed by atoms with van der Waals surface area (Å²) in [5, 5.41) is 26.8. The Morgan fingerprint density at radius 3 is 2.75 bits per heavy atom. The first-order chi connectivity index (χ1) is 15.6. The maximum absolute atomic E-state index is 11.3. The first-order valence-corrected chi connectivity index (χ1v) is 11.6. The highest BCUT2D eigenvalue weighted by Crippen LogP contribution is 2.32. The molecule has 6 nitrogen and oxygen atoms in total. The van der Waals surface area contributed by atoms with E-state index in [0.29, 0.717) is 19.5 Å². The van der Waals surface area contributed by atoms with E-state index in [2.05, 4.69) is 21.3 Å². The summed E-state index contributed by atoms with van der Waals surface area (Å²) >= 11 is 0. The number of nitrogens with one attached hydrogen (secondary N) is 1. The lowest BCUT2D eigenvalue weighted by Crippen LogP contribution is -2.55. The Balaban J connectivity index is 1.21. The molecule has 32 heavy (non-hydrogen) atoms. The third kappa shape index (κ3) is 4.44. The zero-order valence-corrected chi connectivity index (χ0v) is 18.2. The van der Waals surface area contributed by atoms with E-state index in [-0.39, 0.29) is 12.1 Å². The number of anilines is 1. The Hall–Kier alpha value is -2.67. The highest BCUT2D eigenvalue weighted by molar-refractivity contribution is 5.91. The van der Waals surface area contributed by atoms with Crippen LogP contribution in [0.5, 0.6) is 5.75 Å². The lowest BCUT2D eigenvalue weighted by Gasteiger charge is -2.37. The van der Waals surface area contributed by atoms with Crippen molar-refractivity contribution in [3.05, 3.63) is 66.9 Å². The summed E-state index contributed by atoms with van der Waals surface area (Å²) in [6.07, 6.45) is 4.38. The number of aliphatic hydroxyl groups is 2. The van der Waals surface area contributed by atoms with Gasteiger partial charge in [0.15, 0.2) is 0 Å². The molecular formula is C26H31N3O3. The van der Waals surface area contributed by atoms with Crippen molar-refractivity contribution in [1.82, 2.24) is 10.3 Å². The van der Waals surface area contributed by atoms with Gasteiger partial charge in [-0.1, -0.05) is 36.4 Å². The van der Waals surface area contributed by atoms with Gasteiger partial charge in [-0.3, -0.25) is 4.98 Å². The summed E-state index contributed by atoms with van der Waals surface area (Å²) in [6, 6.07) is 19.7. The second-order valence-corrected chi connectivity index (χ2v) is 9.12. The zero-order chi connectivity index (χ0) is 22.0. The predicted octanol–water partition coefficient (Wildman–Crippen LogP) is 3.13. The normalized spacial score (nSPS) is 28.2. The Morgan fingerprint density at radius 1 is 1.06 bits per heavy atom. The maximum atomic E-state index is 11.3. The topological polar surface area (TPSA) is 77.9 Å². The van der Waals surface area contributed by atoms with E-state index >= 15 is 0 Å². The van der Waals surface area contributed by atoms with Gasteiger partial charge in [0, 0.05) is 42.9 Å². The smallest absolute Gasteiger partial charge is 0.126 e. The molecule has 4 atom stereocenters. The molecule has 1 saturated carbocycles. The molecule has 168 valence electrons. The summed E-state index contributed by atoms with van der Waals surface area (Å²) < 4.78 is 6.04.